The zero-order chi connectivity index (χ0) is 17.2. The average Bonchev–Trinajstić information content (AvgIpc) is 2.81. The summed E-state index contributed by atoms with van der Waals surface area (Å²) in [4.78, 5) is 21.2. The molecule has 2 saturated heterocycles. The SMILES string of the molecule is CC(C)(C)OC(=O)N1C2CCC1CN(CCc1ccncc1)CC2. The lowest BCUT2D eigenvalue weighted by Crippen LogP contribution is -2.45. The van der Waals surface area contributed by atoms with Gasteiger partial charge in [-0.25, -0.2) is 4.79 Å². The Hall–Kier alpha value is -1.62. The average molecular weight is 331 g/mol. The molecule has 0 saturated carbocycles. The fourth-order valence-corrected chi connectivity index (χ4v) is 3.80. The minimum absolute atomic E-state index is 0.133. The molecule has 3 rings (SSSR count). The molecule has 1 amide bonds. The van der Waals surface area contributed by atoms with Crippen LogP contribution in [0.5, 0.6) is 0 Å². The Morgan fingerprint density at radius 1 is 1.21 bits per heavy atom. The van der Waals surface area contributed by atoms with Crippen LogP contribution >= 0.6 is 0 Å². The topological polar surface area (TPSA) is 45.7 Å². The van der Waals surface area contributed by atoms with Gasteiger partial charge in [-0.3, -0.25) is 4.98 Å². The van der Waals surface area contributed by atoms with E-state index in [9.17, 15) is 4.79 Å². The van der Waals surface area contributed by atoms with E-state index in [1.807, 2.05) is 38.1 Å². The van der Waals surface area contributed by atoms with Gasteiger partial charge in [0.2, 0.25) is 0 Å². The van der Waals surface area contributed by atoms with Gasteiger partial charge in [0.15, 0.2) is 0 Å². The van der Waals surface area contributed by atoms with Crippen molar-refractivity contribution < 1.29 is 9.53 Å². The highest BCUT2D eigenvalue weighted by molar-refractivity contribution is 5.69. The van der Waals surface area contributed by atoms with E-state index in [-0.39, 0.29) is 6.09 Å². The summed E-state index contributed by atoms with van der Waals surface area (Å²) in [5, 5.41) is 0. The number of likely N-dealkylation sites (tertiary alicyclic amines) is 1. The Bertz CT molecular complexity index is 555. The van der Waals surface area contributed by atoms with Gasteiger partial charge >= 0.3 is 6.09 Å². The minimum atomic E-state index is -0.427. The molecule has 0 aromatic carbocycles. The molecule has 5 heteroatoms. The maximum atomic E-state index is 12.6. The Morgan fingerprint density at radius 2 is 1.92 bits per heavy atom. The summed E-state index contributed by atoms with van der Waals surface area (Å²) in [5.41, 5.74) is 0.896. The van der Waals surface area contributed by atoms with Gasteiger partial charge in [0, 0.05) is 44.1 Å². The van der Waals surface area contributed by atoms with E-state index >= 15 is 0 Å². The lowest BCUT2D eigenvalue weighted by Gasteiger charge is -2.31. The van der Waals surface area contributed by atoms with Crippen LogP contribution in [0.2, 0.25) is 0 Å². The van der Waals surface area contributed by atoms with Crippen LogP contribution in [0.3, 0.4) is 0 Å². The van der Waals surface area contributed by atoms with E-state index in [4.69, 9.17) is 4.74 Å². The first-order chi connectivity index (χ1) is 11.4. The zero-order valence-electron chi connectivity index (χ0n) is 15.1. The van der Waals surface area contributed by atoms with Gasteiger partial charge in [0.1, 0.15) is 5.60 Å². The van der Waals surface area contributed by atoms with E-state index in [0.29, 0.717) is 12.1 Å². The normalized spacial score (nSPS) is 24.7. The Morgan fingerprint density at radius 3 is 2.62 bits per heavy atom. The van der Waals surface area contributed by atoms with Crippen molar-refractivity contribution >= 4 is 6.09 Å². The first-order valence-corrected chi connectivity index (χ1v) is 9.05. The van der Waals surface area contributed by atoms with Gasteiger partial charge in [-0.05, 0) is 64.2 Å². The van der Waals surface area contributed by atoms with Crippen LogP contribution in [0.25, 0.3) is 0 Å². The molecular formula is C19H29N3O2. The predicted molar refractivity (Wildman–Crippen MR) is 93.9 cm³/mol. The standard InChI is InChI=1S/C19H29N3O2/c1-19(2,3)24-18(23)22-16-4-5-17(22)14-21(13-9-16)12-8-15-6-10-20-11-7-15/h6-7,10-11,16-17H,4-5,8-9,12-14H2,1-3H3. The fourth-order valence-electron chi connectivity index (χ4n) is 3.80. The Kier molecular flexibility index (Phi) is 5.09. The number of fused-ring (bicyclic) bond motifs is 2. The van der Waals surface area contributed by atoms with Crippen LogP contribution < -0.4 is 0 Å². The molecule has 0 spiro atoms. The molecule has 3 heterocycles. The molecule has 1 aromatic heterocycles. The van der Waals surface area contributed by atoms with Gasteiger partial charge in [-0.1, -0.05) is 0 Å². The predicted octanol–water partition coefficient (Wildman–Crippen LogP) is 3.10. The third kappa shape index (κ3) is 4.26. The summed E-state index contributed by atoms with van der Waals surface area (Å²) < 4.78 is 5.64. The van der Waals surface area contributed by atoms with Crippen LogP contribution in [-0.4, -0.2) is 58.2 Å². The second-order valence-electron chi connectivity index (χ2n) is 7.97. The number of carbonyl (C=O) groups excluding carboxylic acids is 1. The van der Waals surface area contributed by atoms with E-state index in [0.717, 1.165) is 45.3 Å². The molecular weight excluding hydrogens is 302 g/mol. The van der Waals surface area contributed by atoms with Crippen molar-refractivity contribution in [3.05, 3.63) is 30.1 Å². The van der Waals surface area contributed by atoms with E-state index < -0.39 is 5.60 Å². The highest BCUT2D eigenvalue weighted by Gasteiger charge is 2.41. The number of hydrogen-bond donors (Lipinski definition) is 0. The number of aromatic nitrogens is 1. The minimum Gasteiger partial charge on any atom is -0.444 e. The number of carbonyl (C=O) groups is 1. The van der Waals surface area contributed by atoms with Crippen molar-refractivity contribution in [2.45, 2.75) is 64.1 Å². The zero-order valence-corrected chi connectivity index (χ0v) is 15.1. The fraction of sp³-hybridized carbons (Fsp3) is 0.684. The van der Waals surface area contributed by atoms with Gasteiger partial charge in [0.05, 0.1) is 0 Å². The second kappa shape index (κ2) is 7.09. The molecule has 0 aliphatic carbocycles. The van der Waals surface area contributed by atoms with E-state index in [1.165, 1.54) is 5.56 Å². The van der Waals surface area contributed by atoms with Crippen LogP contribution in [-0.2, 0) is 11.2 Å². The first-order valence-electron chi connectivity index (χ1n) is 9.05. The molecule has 2 fully saturated rings. The lowest BCUT2D eigenvalue weighted by atomic mass is 10.1. The van der Waals surface area contributed by atoms with Crippen molar-refractivity contribution in [2.24, 2.45) is 0 Å². The third-order valence-electron chi connectivity index (χ3n) is 4.94. The quantitative estimate of drug-likeness (QED) is 0.854. The van der Waals surface area contributed by atoms with E-state index in [1.54, 1.807) is 0 Å². The first kappa shape index (κ1) is 17.2. The maximum Gasteiger partial charge on any atom is 0.410 e. The molecule has 1 aromatic rings. The highest BCUT2D eigenvalue weighted by atomic mass is 16.6. The molecule has 2 atom stereocenters. The van der Waals surface area contributed by atoms with Crippen molar-refractivity contribution in [3.8, 4) is 0 Å². The number of amides is 1. The van der Waals surface area contributed by atoms with Gasteiger partial charge in [0.25, 0.3) is 0 Å². The van der Waals surface area contributed by atoms with Crippen LogP contribution in [0.4, 0.5) is 4.79 Å². The lowest BCUT2D eigenvalue weighted by molar-refractivity contribution is 0.0153. The number of hydrogen-bond acceptors (Lipinski definition) is 4. The molecule has 0 N–H and O–H groups in total. The van der Waals surface area contributed by atoms with Gasteiger partial charge in [-0.2, -0.15) is 0 Å². The number of pyridine rings is 1. The summed E-state index contributed by atoms with van der Waals surface area (Å²) in [6.07, 6.45) is 7.86. The number of ether oxygens (including phenoxy) is 1. The number of rotatable bonds is 3. The molecule has 2 aliphatic heterocycles. The largest absolute Gasteiger partial charge is 0.444 e. The van der Waals surface area contributed by atoms with Crippen LogP contribution in [0, 0.1) is 0 Å². The highest BCUT2D eigenvalue weighted by Crippen LogP contribution is 2.31. The van der Waals surface area contributed by atoms with Crippen molar-refractivity contribution in [3.63, 3.8) is 0 Å². The molecule has 24 heavy (non-hydrogen) atoms. The summed E-state index contributed by atoms with van der Waals surface area (Å²) in [7, 11) is 0. The maximum absolute atomic E-state index is 12.6. The second-order valence-corrected chi connectivity index (χ2v) is 7.97. The van der Waals surface area contributed by atoms with Crippen LogP contribution in [0.15, 0.2) is 24.5 Å². The van der Waals surface area contributed by atoms with Crippen molar-refractivity contribution in [1.82, 2.24) is 14.8 Å². The molecule has 5 nitrogen and oxygen atoms in total. The third-order valence-corrected chi connectivity index (χ3v) is 4.94. The van der Waals surface area contributed by atoms with E-state index in [2.05, 4.69) is 22.0 Å². The molecule has 2 aliphatic rings. The Labute approximate surface area is 145 Å². The van der Waals surface area contributed by atoms with Gasteiger partial charge in [-0.15, -0.1) is 0 Å². The van der Waals surface area contributed by atoms with Crippen LogP contribution in [0.1, 0.15) is 45.6 Å². The number of nitrogens with zero attached hydrogens (tertiary/aromatic N) is 3. The van der Waals surface area contributed by atoms with Gasteiger partial charge < -0.3 is 14.5 Å². The summed E-state index contributed by atoms with van der Waals surface area (Å²) in [6.45, 7) is 8.87. The molecule has 132 valence electrons. The van der Waals surface area contributed by atoms with Crippen molar-refractivity contribution in [2.75, 3.05) is 19.6 Å². The molecule has 0 radical (unpaired) electrons. The summed E-state index contributed by atoms with van der Waals surface area (Å²) >= 11 is 0. The summed E-state index contributed by atoms with van der Waals surface area (Å²) in [5.74, 6) is 0. The molecule has 2 bridgehead atoms. The monoisotopic (exact) mass is 331 g/mol. The summed E-state index contributed by atoms with van der Waals surface area (Å²) in [6, 6.07) is 4.80. The van der Waals surface area contributed by atoms with Crippen molar-refractivity contribution in [1.29, 1.82) is 0 Å². The smallest absolute Gasteiger partial charge is 0.410 e. The Balaban J connectivity index is 1.59. The molecule has 2 unspecified atom stereocenters.